The molecular formula is C18H17N5O3S2. The van der Waals surface area contributed by atoms with Crippen LogP contribution in [0.4, 0.5) is 5.13 Å². The van der Waals surface area contributed by atoms with Crippen molar-refractivity contribution >= 4 is 40.0 Å². The van der Waals surface area contributed by atoms with Crippen LogP contribution in [0.5, 0.6) is 0 Å². The highest BCUT2D eigenvalue weighted by atomic mass is 32.2. The summed E-state index contributed by atoms with van der Waals surface area (Å²) in [4.78, 5) is 46.6. The van der Waals surface area contributed by atoms with Gasteiger partial charge in [-0.05, 0) is 5.56 Å². The molecule has 0 unspecified atom stereocenters. The Balaban J connectivity index is 1.52. The van der Waals surface area contributed by atoms with E-state index in [1.54, 1.807) is 11.6 Å². The molecule has 0 radical (unpaired) electrons. The number of hydrogen-bond donors (Lipinski definition) is 3. The van der Waals surface area contributed by atoms with Crippen molar-refractivity contribution in [2.24, 2.45) is 0 Å². The van der Waals surface area contributed by atoms with Crippen molar-refractivity contribution in [3.05, 3.63) is 69.6 Å². The summed E-state index contributed by atoms with van der Waals surface area (Å²) in [5.41, 5.74) is 0.957. The molecule has 0 fully saturated rings. The first kappa shape index (κ1) is 19.8. The number of H-pyrrole nitrogens is 1. The van der Waals surface area contributed by atoms with Crippen LogP contribution in [0.2, 0.25) is 0 Å². The number of nitrogens with one attached hydrogen (secondary N) is 3. The highest BCUT2D eigenvalue weighted by molar-refractivity contribution is 7.99. The van der Waals surface area contributed by atoms with E-state index >= 15 is 0 Å². The van der Waals surface area contributed by atoms with Gasteiger partial charge >= 0.3 is 0 Å². The number of thioether (sulfide) groups is 1. The Morgan fingerprint density at radius 2 is 2.00 bits per heavy atom. The van der Waals surface area contributed by atoms with Gasteiger partial charge < -0.3 is 15.6 Å². The van der Waals surface area contributed by atoms with E-state index < -0.39 is 0 Å². The standard InChI is InChI=1S/C18H17N5O3S2/c24-14(20-10-12-4-2-1-3-5-12)8-13-9-15(25)22-18(21-13)28-11-16(26)23-17-19-6-7-27-17/h1-7,9H,8,10-11H2,(H,20,24)(H,19,23,26)(H,21,22,25). The summed E-state index contributed by atoms with van der Waals surface area (Å²) in [7, 11) is 0. The number of rotatable bonds is 8. The first-order valence-corrected chi connectivity index (χ1v) is 10.2. The van der Waals surface area contributed by atoms with Gasteiger partial charge in [0.05, 0.1) is 17.9 Å². The summed E-state index contributed by atoms with van der Waals surface area (Å²) in [6, 6.07) is 10.8. The normalized spacial score (nSPS) is 10.4. The van der Waals surface area contributed by atoms with Crippen LogP contribution in [0.25, 0.3) is 0 Å². The third-order valence-electron chi connectivity index (χ3n) is 3.47. The minimum atomic E-state index is -0.372. The van der Waals surface area contributed by atoms with Crippen molar-refractivity contribution in [3.8, 4) is 0 Å². The Bertz CT molecular complexity index is 990. The van der Waals surface area contributed by atoms with Gasteiger partial charge in [0, 0.05) is 24.2 Å². The quantitative estimate of drug-likeness (QED) is 0.382. The fraction of sp³-hybridized carbons (Fsp3) is 0.167. The summed E-state index contributed by atoms with van der Waals surface area (Å²) in [6.07, 6.45) is 1.58. The van der Waals surface area contributed by atoms with Crippen molar-refractivity contribution in [3.63, 3.8) is 0 Å². The topological polar surface area (TPSA) is 117 Å². The Hall–Kier alpha value is -2.98. The van der Waals surface area contributed by atoms with Crippen molar-refractivity contribution in [1.82, 2.24) is 20.3 Å². The fourth-order valence-corrected chi connectivity index (χ4v) is 3.48. The average Bonchev–Trinajstić information content (AvgIpc) is 3.18. The largest absolute Gasteiger partial charge is 0.352 e. The Kier molecular flexibility index (Phi) is 6.93. The molecular weight excluding hydrogens is 398 g/mol. The molecule has 3 N–H and O–H groups in total. The molecule has 10 heteroatoms. The molecule has 0 aliphatic rings. The maximum atomic E-state index is 12.1. The molecule has 2 amide bonds. The zero-order valence-corrected chi connectivity index (χ0v) is 16.3. The molecule has 0 saturated heterocycles. The van der Waals surface area contributed by atoms with Crippen molar-refractivity contribution in [1.29, 1.82) is 0 Å². The van der Waals surface area contributed by atoms with Gasteiger partial charge in [0.1, 0.15) is 0 Å². The van der Waals surface area contributed by atoms with Gasteiger partial charge in [-0.3, -0.25) is 14.4 Å². The van der Waals surface area contributed by atoms with E-state index in [1.807, 2.05) is 30.3 Å². The van der Waals surface area contributed by atoms with Crippen LogP contribution in [0.15, 0.2) is 57.9 Å². The molecule has 8 nitrogen and oxygen atoms in total. The van der Waals surface area contributed by atoms with Crippen LogP contribution in [0, 0.1) is 0 Å². The number of benzene rings is 1. The number of anilines is 1. The number of hydrogen-bond acceptors (Lipinski definition) is 7. The summed E-state index contributed by atoms with van der Waals surface area (Å²) in [6.45, 7) is 0.404. The molecule has 144 valence electrons. The van der Waals surface area contributed by atoms with Crippen LogP contribution in [0.1, 0.15) is 11.3 Å². The molecule has 0 bridgehead atoms. The van der Waals surface area contributed by atoms with Crippen molar-refractivity contribution < 1.29 is 9.59 Å². The Morgan fingerprint density at radius 1 is 1.18 bits per heavy atom. The zero-order valence-electron chi connectivity index (χ0n) is 14.7. The molecule has 1 aromatic carbocycles. The van der Waals surface area contributed by atoms with Gasteiger partial charge in [0.15, 0.2) is 10.3 Å². The smallest absolute Gasteiger partial charge is 0.251 e. The lowest BCUT2D eigenvalue weighted by molar-refractivity contribution is -0.120. The second-order valence-electron chi connectivity index (χ2n) is 5.66. The monoisotopic (exact) mass is 415 g/mol. The summed E-state index contributed by atoms with van der Waals surface area (Å²) < 4.78 is 0. The average molecular weight is 416 g/mol. The highest BCUT2D eigenvalue weighted by Crippen LogP contribution is 2.14. The molecule has 28 heavy (non-hydrogen) atoms. The summed E-state index contributed by atoms with van der Waals surface area (Å²) >= 11 is 2.40. The second-order valence-corrected chi connectivity index (χ2v) is 7.51. The lowest BCUT2D eigenvalue weighted by Gasteiger charge is -2.06. The van der Waals surface area contributed by atoms with Gasteiger partial charge in [-0.1, -0.05) is 42.1 Å². The first-order valence-electron chi connectivity index (χ1n) is 8.31. The van der Waals surface area contributed by atoms with Crippen LogP contribution >= 0.6 is 23.1 Å². The lowest BCUT2D eigenvalue weighted by Crippen LogP contribution is -2.26. The van der Waals surface area contributed by atoms with E-state index in [2.05, 4.69) is 25.6 Å². The number of thiazole rings is 1. The molecule has 2 heterocycles. The second kappa shape index (κ2) is 9.81. The fourth-order valence-electron chi connectivity index (χ4n) is 2.24. The molecule has 3 aromatic rings. The lowest BCUT2D eigenvalue weighted by atomic mass is 10.2. The Labute approximate surface area is 168 Å². The maximum absolute atomic E-state index is 12.1. The SMILES string of the molecule is O=C(Cc1cc(=O)[nH]c(SCC(=O)Nc2nccs2)n1)NCc1ccccc1. The predicted octanol–water partition coefficient (Wildman–Crippen LogP) is 1.82. The zero-order chi connectivity index (χ0) is 19.8. The van der Waals surface area contributed by atoms with E-state index in [0.29, 0.717) is 17.4 Å². The first-order chi connectivity index (χ1) is 13.6. The predicted molar refractivity (Wildman–Crippen MR) is 108 cm³/mol. The van der Waals surface area contributed by atoms with Crippen LogP contribution < -0.4 is 16.2 Å². The molecule has 0 saturated carbocycles. The molecule has 0 spiro atoms. The third-order valence-corrected chi connectivity index (χ3v) is 5.03. The van der Waals surface area contributed by atoms with E-state index in [9.17, 15) is 14.4 Å². The van der Waals surface area contributed by atoms with Gasteiger partial charge in [0.25, 0.3) is 5.56 Å². The van der Waals surface area contributed by atoms with Crippen molar-refractivity contribution in [2.75, 3.05) is 11.1 Å². The van der Waals surface area contributed by atoms with Gasteiger partial charge in [-0.15, -0.1) is 11.3 Å². The van der Waals surface area contributed by atoms with Crippen LogP contribution in [0.3, 0.4) is 0 Å². The number of carbonyl (C=O) groups excluding carboxylic acids is 2. The van der Waals surface area contributed by atoms with Gasteiger partial charge in [0.2, 0.25) is 11.8 Å². The molecule has 0 atom stereocenters. The molecule has 0 aliphatic carbocycles. The molecule has 0 aliphatic heterocycles. The number of carbonyl (C=O) groups is 2. The van der Waals surface area contributed by atoms with Gasteiger partial charge in [-0.25, -0.2) is 9.97 Å². The summed E-state index contributed by atoms with van der Waals surface area (Å²) in [5, 5.41) is 8.00. The number of aromatic nitrogens is 3. The van der Waals surface area contributed by atoms with E-state index in [4.69, 9.17) is 0 Å². The van der Waals surface area contributed by atoms with E-state index in [-0.39, 0.29) is 34.7 Å². The van der Waals surface area contributed by atoms with Crippen molar-refractivity contribution in [2.45, 2.75) is 18.1 Å². The number of amides is 2. The Morgan fingerprint density at radius 3 is 2.75 bits per heavy atom. The minimum Gasteiger partial charge on any atom is -0.352 e. The molecule has 3 rings (SSSR count). The number of aromatic amines is 1. The maximum Gasteiger partial charge on any atom is 0.251 e. The molecule has 2 aromatic heterocycles. The summed E-state index contributed by atoms with van der Waals surface area (Å²) in [5.74, 6) is -0.431. The third kappa shape index (κ3) is 6.32. The minimum absolute atomic E-state index is 0.0182. The van der Waals surface area contributed by atoms with E-state index in [1.165, 1.54) is 17.4 Å². The van der Waals surface area contributed by atoms with Gasteiger partial charge in [-0.2, -0.15) is 0 Å². The van der Waals surface area contributed by atoms with Crippen LogP contribution in [-0.4, -0.2) is 32.5 Å². The van der Waals surface area contributed by atoms with E-state index in [0.717, 1.165) is 17.3 Å². The van der Waals surface area contributed by atoms with Crippen LogP contribution in [-0.2, 0) is 22.6 Å². The highest BCUT2D eigenvalue weighted by Gasteiger charge is 2.10. The number of nitrogens with zero attached hydrogens (tertiary/aromatic N) is 2.